The molecule has 1 aromatic carbocycles. The lowest BCUT2D eigenvalue weighted by atomic mass is 9.94. The number of nitrogens with zero attached hydrogens (tertiary/aromatic N) is 2. The number of hydrogen-bond acceptors (Lipinski definition) is 2. The molecule has 1 atom stereocenters. The van der Waals surface area contributed by atoms with Crippen molar-refractivity contribution in [2.75, 3.05) is 6.54 Å². The first kappa shape index (κ1) is 13.7. The van der Waals surface area contributed by atoms with E-state index in [4.69, 9.17) is 5.73 Å². The topological polar surface area (TPSA) is 43.8 Å². The highest BCUT2D eigenvalue weighted by atomic mass is 19.1. The van der Waals surface area contributed by atoms with E-state index in [1.165, 1.54) is 12.1 Å². The van der Waals surface area contributed by atoms with Crippen LogP contribution in [0.3, 0.4) is 0 Å². The van der Waals surface area contributed by atoms with Gasteiger partial charge in [-0.25, -0.2) is 9.37 Å². The second-order valence-electron chi connectivity index (χ2n) is 4.93. The lowest BCUT2D eigenvalue weighted by molar-refractivity contribution is 0.484. The SMILES string of the molecule is Cn1ccnc1CCC(CN)Cc1ccc(F)cc1. The van der Waals surface area contributed by atoms with Crippen LogP contribution in [0.2, 0.25) is 0 Å². The molecule has 0 saturated carbocycles. The summed E-state index contributed by atoms with van der Waals surface area (Å²) in [6.45, 7) is 0.641. The van der Waals surface area contributed by atoms with Crippen molar-refractivity contribution in [3.8, 4) is 0 Å². The second kappa shape index (κ2) is 6.48. The van der Waals surface area contributed by atoms with E-state index in [0.717, 1.165) is 30.7 Å². The molecule has 2 N–H and O–H groups in total. The van der Waals surface area contributed by atoms with Crippen LogP contribution in [0.1, 0.15) is 17.8 Å². The van der Waals surface area contributed by atoms with E-state index in [1.807, 2.05) is 36.1 Å². The Labute approximate surface area is 113 Å². The van der Waals surface area contributed by atoms with Gasteiger partial charge in [0.15, 0.2) is 0 Å². The van der Waals surface area contributed by atoms with Gasteiger partial charge >= 0.3 is 0 Å². The molecule has 1 heterocycles. The molecule has 0 saturated heterocycles. The highest BCUT2D eigenvalue weighted by Gasteiger charge is 2.10. The summed E-state index contributed by atoms with van der Waals surface area (Å²) in [6.07, 6.45) is 6.58. The third kappa shape index (κ3) is 3.89. The van der Waals surface area contributed by atoms with Gasteiger partial charge in [-0.3, -0.25) is 0 Å². The Kier molecular flexibility index (Phi) is 4.68. The molecule has 0 aliphatic carbocycles. The number of aromatic nitrogens is 2. The van der Waals surface area contributed by atoms with Crippen molar-refractivity contribution < 1.29 is 4.39 Å². The van der Waals surface area contributed by atoms with Crippen LogP contribution in [0.5, 0.6) is 0 Å². The Morgan fingerprint density at radius 2 is 2.05 bits per heavy atom. The largest absolute Gasteiger partial charge is 0.338 e. The summed E-state index contributed by atoms with van der Waals surface area (Å²) in [5.41, 5.74) is 6.96. The number of benzene rings is 1. The van der Waals surface area contributed by atoms with Crippen molar-refractivity contribution >= 4 is 0 Å². The van der Waals surface area contributed by atoms with Gasteiger partial charge in [-0.05, 0) is 43.0 Å². The lowest BCUT2D eigenvalue weighted by Gasteiger charge is -2.14. The summed E-state index contributed by atoms with van der Waals surface area (Å²) in [7, 11) is 2.00. The summed E-state index contributed by atoms with van der Waals surface area (Å²) in [6, 6.07) is 6.67. The van der Waals surface area contributed by atoms with E-state index in [2.05, 4.69) is 4.98 Å². The first-order valence-electron chi connectivity index (χ1n) is 6.59. The van der Waals surface area contributed by atoms with Crippen molar-refractivity contribution in [2.24, 2.45) is 18.7 Å². The van der Waals surface area contributed by atoms with E-state index in [-0.39, 0.29) is 5.82 Å². The van der Waals surface area contributed by atoms with Crippen LogP contribution in [0.25, 0.3) is 0 Å². The highest BCUT2D eigenvalue weighted by Crippen LogP contribution is 2.14. The Bertz CT molecular complexity index is 504. The van der Waals surface area contributed by atoms with Crippen molar-refractivity contribution in [1.29, 1.82) is 0 Å². The van der Waals surface area contributed by atoms with Gasteiger partial charge in [-0.2, -0.15) is 0 Å². The van der Waals surface area contributed by atoms with Gasteiger partial charge in [0, 0.05) is 25.9 Å². The number of rotatable bonds is 6. The van der Waals surface area contributed by atoms with E-state index >= 15 is 0 Å². The van der Waals surface area contributed by atoms with E-state index < -0.39 is 0 Å². The molecule has 0 spiro atoms. The fraction of sp³-hybridized carbons (Fsp3) is 0.400. The molecule has 0 radical (unpaired) electrons. The Morgan fingerprint density at radius 1 is 1.32 bits per heavy atom. The van der Waals surface area contributed by atoms with Crippen LogP contribution < -0.4 is 5.73 Å². The third-order valence-corrected chi connectivity index (χ3v) is 3.47. The molecule has 1 unspecified atom stereocenters. The van der Waals surface area contributed by atoms with Crippen molar-refractivity contribution in [3.05, 3.63) is 53.9 Å². The molecule has 0 aliphatic rings. The number of nitrogens with two attached hydrogens (primary N) is 1. The Hall–Kier alpha value is -1.68. The normalized spacial score (nSPS) is 12.6. The Balaban J connectivity index is 1.90. The molecule has 4 heteroatoms. The van der Waals surface area contributed by atoms with Gasteiger partial charge in [0.2, 0.25) is 0 Å². The first-order chi connectivity index (χ1) is 9.19. The average Bonchev–Trinajstić information content (AvgIpc) is 2.82. The van der Waals surface area contributed by atoms with Gasteiger partial charge in [0.1, 0.15) is 11.6 Å². The zero-order chi connectivity index (χ0) is 13.7. The third-order valence-electron chi connectivity index (χ3n) is 3.47. The quantitative estimate of drug-likeness (QED) is 0.867. The minimum atomic E-state index is -0.193. The van der Waals surface area contributed by atoms with Crippen molar-refractivity contribution in [1.82, 2.24) is 9.55 Å². The smallest absolute Gasteiger partial charge is 0.123 e. The molecular formula is C15H20FN3. The minimum Gasteiger partial charge on any atom is -0.338 e. The zero-order valence-corrected chi connectivity index (χ0v) is 11.2. The van der Waals surface area contributed by atoms with Crippen LogP contribution in [-0.4, -0.2) is 16.1 Å². The summed E-state index contributed by atoms with van der Waals surface area (Å²) >= 11 is 0. The molecule has 2 aromatic rings. The van der Waals surface area contributed by atoms with Gasteiger partial charge in [-0.15, -0.1) is 0 Å². The van der Waals surface area contributed by atoms with Crippen LogP contribution in [0.4, 0.5) is 4.39 Å². The fourth-order valence-electron chi connectivity index (χ4n) is 2.23. The summed E-state index contributed by atoms with van der Waals surface area (Å²) in [5, 5.41) is 0. The minimum absolute atomic E-state index is 0.193. The average molecular weight is 261 g/mol. The molecule has 102 valence electrons. The van der Waals surface area contributed by atoms with Gasteiger partial charge in [-0.1, -0.05) is 12.1 Å². The van der Waals surface area contributed by atoms with Crippen molar-refractivity contribution in [3.63, 3.8) is 0 Å². The van der Waals surface area contributed by atoms with Gasteiger partial charge in [0.25, 0.3) is 0 Å². The maximum Gasteiger partial charge on any atom is 0.123 e. The standard InChI is InChI=1S/C15H20FN3/c1-19-9-8-18-15(19)7-4-13(11-17)10-12-2-5-14(16)6-3-12/h2-3,5-6,8-9,13H,4,7,10-11,17H2,1H3. The van der Waals surface area contributed by atoms with Gasteiger partial charge < -0.3 is 10.3 Å². The van der Waals surface area contributed by atoms with E-state index in [0.29, 0.717) is 12.5 Å². The van der Waals surface area contributed by atoms with E-state index in [1.54, 1.807) is 0 Å². The van der Waals surface area contributed by atoms with Crippen LogP contribution >= 0.6 is 0 Å². The molecule has 0 aliphatic heterocycles. The maximum absolute atomic E-state index is 12.8. The second-order valence-corrected chi connectivity index (χ2v) is 4.93. The Morgan fingerprint density at radius 3 is 2.63 bits per heavy atom. The molecule has 3 nitrogen and oxygen atoms in total. The number of imidazole rings is 1. The van der Waals surface area contributed by atoms with Gasteiger partial charge in [0.05, 0.1) is 0 Å². The monoisotopic (exact) mass is 261 g/mol. The molecule has 2 rings (SSSR count). The maximum atomic E-state index is 12.8. The van der Waals surface area contributed by atoms with Crippen LogP contribution in [-0.2, 0) is 19.9 Å². The summed E-state index contributed by atoms with van der Waals surface area (Å²) in [5.74, 6) is 1.29. The molecule has 19 heavy (non-hydrogen) atoms. The number of halogens is 1. The lowest BCUT2D eigenvalue weighted by Crippen LogP contribution is -2.18. The van der Waals surface area contributed by atoms with Crippen molar-refractivity contribution in [2.45, 2.75) is 19.3 Å². The zero-order valence-electron chi connectivity index (χ0n) is 11.2. The molecule has 0 bridgehead atoms. The predicted octanol–water partition coefficient (Wildman–Crippen LogP) is 2.31. The fourth-order valence-corrected chi connectivity index (χ4v) is 2.23. The molecule has 1 aromatic heterocycles. The highest BCUT2D eigenvalue weighted by molar-refractivity contribution is 5.16. The van der Waals surface area contributed by atoms with Crippen LogP contribution in [0.15, 0.2) is 36.7 Å². The van der Waals surface area contributed by atoms with E-state index in [9.17, 15) is 4.39 Å². The molecule has 0 amide bonds. The molecular weight excluding hydrogens is 241 g/mol. The summed E-state index contributed by atoms with van der Waals surface area (Å²) < 4.78 is 14.9. The predicted molar refractivity (Wildman–Crippen MR) is 74.2 cm³/mol. The first-order valence-corrected chi connectivity index (χ1v) is 6.59. The molecule has 0 fully saturated rings. The number of aryl methyl sites for hydroxylation is 2. The number of hydrogen-bond donors (Lipinski definition) is 1. The van der Waals surface area contributed by atoms with Crippen LogP contribution in [0, 0.1) is 11.7 Å². The summed E-state index contributed by atoms with van der Waals surface area (Å²) in [4.78, 5) is 4.31.